The molecule has 1 aliphatic rings. The van der Waals surface area contributed by atoms with Crippen LogP contribution >= 0.6 is 11.8 Å². The second-order valence-corrected chi connectivity index (χ2v) is 7.16. The molecule has 1 N–H and O–H groups in total. The largest absolute Gasteiger partial charge is 0.618 e. The molecule has 3 rings (SSSR count). The van der Waals surface area contributed by atoms with Gasteiger partial charge in [0.15, 0.2) is 11.9 Å². The number of nitrogens with one attached hydrogen (secondary N) is 1. The van der Waals surface area contributed by atoms with E-state index >= 15 is 0 Å². The van der Waals surface area contributed by atoms with Crippen molar-refractivity contribution in [2.75, 3.05) is 31.2 Å². The lowest BCUT2D eigenvalue weighted by Crippen LogP contribution is -2.41. The summed E-state index contributed by atoms with van der Waals surface area (Å²) in [6.45, 7) is 2.05. The van der Waals surface area contributed by atoms with Crippen LogP contribution in [0.2, 0.25) is 0 Å². The summed E-state index contributed by atoms with van der Waals surface area (Å²) in [4.78, 5) is 15.6. The van der Waals surface area contributed by atoms with Crippen molar-refractivity contribution in [1.82, 2.24) is 4.90 Å². The van der Waals surface area contributed by atoms with Crippen molar-refractivity contribution < 1.29 is 9.52 Å². The second-order valence-electron chi connectivity index (χ2n) is 6.28. The van der Waals surface area contributed by atoms with E-state index in [1.165, 1.54) is 0 Å². The van der Waals surface area contributed by atoms with E-state index in [9.17, 15) is 10.0 Å². The first-order valence-electron chi connectivity index (χ1n) is 8.50. The standard InChI is InChI=1S/C19H23N3O2S/c1-25-17-6-4-5-16(13-17)20-19(23)14-21-11-8-15(9-12-21)18-7-2-3-10-22(18)24/h2-7,10,13,15H,8-9,11-12,14H2,1H3,(H,20,23). The molecule has 1 aliphatic heterocycles. The van der Waals surface area contributed by atoms with Crippen molar-refractivity contribution in [3.63, 3.8) is 0 Å². The highest BCUT2D eigenvalue weighted by atomic mass is 32.2. The van der Waals surface area contributed by atoms with Crippen LogP contribution in [0.25, 0.3) is 0 Å². The van der Waals surface area contributed by atoms with Gasteiger partial charge >= 0.3 is 0 Å². The van der Waals surface area contributed by atoms with E-state index < -0.39 is 0 Å². The number of aromatic nitrogens is 1. The van der Waals surface area contributed by atoms with Crippen LogP contribution in [-0.2, 0) is 4.79 Å². The van der Waals surface area contributed by atoms with Gasteiger partial charge in [-0.05, 0) is 50.4 Å². The third-order valence-electron chi connectivity index (χ3n) is 4.58. The second kappa shape index (κ2) is 8.36. The number of pyridine rings is 1. The van der Waals surface area contributed by atoms with Gasteiger partial charge in [-0.15, -0.1) is 11.8 Å². The Morgan fingerprint density at radius 1 is 1.28 bits per heavy atom. The number of nitrogens with zero attached hydrogens (tertiary/aromatic N) is 2. The molecule has 1 saturated heterocycles. The van der Waals surface area contributed by atoms with Gasteiger partial charge in [0.1, 0.15) is 0 Å². The maximum Gasteiger partial charge on any atom is 0.238 e. The molecule has 132 valence electrons. The minimum atomic E-state index is 0.00954. The molecule has 2 aromatic rings. The third-order valence-corrected chi connectivity index (χ3v) is 5.31. The summed E-state index contributed by atoms with van der Waals surface area (Å²) >= 11 is 1.66. The summed E-state index contributed by atoms with van der Waals surface area (Å²) in [5.74, 6) is 0.284. The van der Waals surface area contributed by atoms with Gasteiger partial charge in [-0.25, -0.2) is 0 Å². The van der Waals surface area contributed by atoms with Crippen molar-refractivity contribution in [3.05, 3.63) is 59.6 Å². The average molecular weight is 357 g/mol. The fraction of sp³-hybridized carbons (Fsp3) is 0.368. The zero-order chi connectivity index (χ0) is 17.6. The van der Waals surface area contributed by atoms with Crippen LogP contribution in [-0.4, -0.2) is 36.7 Å². The summed E-state index contributed by atoms with van der Waals surface area (Å²) in [6, 6.07) is 13.4. The Hall–Kier alpha value is -2.05. The molecule has 0 spiro atoms. The fourth-order valence-corrected chi connectivity index (χ4v) is 3.71. The Morgan fingerprint density at radius 2 is 2.08 bits per heavy atom. The van der Waals surface area contributed by atoms with Gasteiger partial charge in [0.25, 0.3) is 0 Å². The predicted molar refractivity (Wildman–Crippen MR) is 101 cm³/mol. The number of carbonyl (C=O) groups is 1. The van der Waals surface area contributed by atoms with Crippen molar-refractivity contribution in [2.24, 2.45) is 0 Å². The first kappa shape index (κ1) is 17.8. The van der Waals surface area contributed by atoms with Gasteiger partial charge in [-0.1, -0.05) is 12.1 Å². The zero-order valence-electron chi connectivity index (χ0n) is 14.4. The molecule has 5 nitrogen and oxygen atoms in total. The Balaban J connectivity index is 1.50. The molecule has 1 amide bonds. The van der Waals surface area contributed by atoms with Crippen LogP contribution in [0.15, 0.2) is 53.6 Å². The molecule has 0 atom stereocenters. The number of piperidine rings is 1. The van der Waals surface area contributed by atoms with Crippen molar-refractivity contribution >= 4 is 23.4 Å². The summed E-state index contributed by atoms with van der Waals surface area (Å²) < 4.78 is 0.964. The molecule has 0 saturated carbocycles. The molecule has 0 aliphatic carbocycles. The van der Waals surface area contributed by atoms with Crippen LogP contribution in [0.1, 0.15) is 24.5 Å². The molecule has 6 heteroatoms. The number of hydrogen-bond acceptors (Lipinski definition) is 4. The Morgan fingerprint density at radius 3 is 2.80 bits per heavy atom. The number of benzene rings is 1. The first-order chi connectivity index (χ1) is 12.2. The normalized spacial score (nSPS) is 15.9. The number of anilines is 1. The molecule has 0 radical (unpaired) electrons. The number of rotatable bonds is 5. The lowest BCUT2D eigenvalue weighted by atomic mass is 9.93. The van der Waals surface area contributed by atoms with Crippen LogP contribution < -0.4 is 10.0 Å². The molecule has 25 heavy (non-hydrogen) atoms. The fourth-order valence-electron chi connectivity index (χ4n) is 3.25. The van der Waals surface area contributed by atoms with E-state index in [-0.39, 0.29) is 11.8 Å². The number of hydrogen-bond donors (Lipinski definition) is 1. The molecule has 1 fully saturated rings. The summed E-state index contributed by atoms with van der Waals surface area (Å²) in [5.41, 5.74) is 1.67. The molecular weight excluding hydrogens is 334 g/mol. The van der Waals surface area contributed by atoms with Gasteiger partial charge in [0.2, 0.25) is 5.91 Å². The monoisotopic (exact) mass is 357 g/mol. The number of amides is 1. The molecule has 1 aromatic heterocycles. The predicted octanol–water partition coefficient (Wildman–Crippen LogP) is 2.86. The van der Waals surface area contributed by atoms with Gasteiger partial charge in [-0.2, -0.15) is 4.73 Å². The number of carbonyl (C=O) groups excluding carboxylic acids is 1. The molecule has 0 unspecified atom stereocenters. The highest BCUT2D eigenvalue weighted by molar-refractivity contribution is 7.98. The highest BCUT2D eigenvalue weighted by Gasteiger charge is 2.26. The highest BCUT2D eigenvalue weighted by Crippen LogP contribution is 2.25. The summed E-state index contributed by atoms with van der Waals surface area (Å²) in [7, 11) is 0. The van der Waals surface area contributed by atoms with Crippen LogP contribution in [0, 0.1) is 5.21 Å². The molecule has 1 aromatic carbocycles. The van der Waals surface area contributed by atoms with Gasteiger partial charge in [0.05, 0.1) is 6.54 Å². The van der Waals surface area contributed by atoms with Crippen molar-refractivity contribution in [2.45, 2.75) is 23.7 Å². The van der Waals surface area contributed by atoms with E-state index in [2.05, 4.69) is 10.2 Å². The van der Waals surface area contributed by atoms with Crippen LogP contribution in [0.3, 0.4) is 0 Å². The SMILES string of the molecule is CSc1cccc(NC(=O)CN2CCC(c3cccc[n+]3[O-])CC2)c1. The van der Waals surface area contributed by atoms with Crippen LogP contribution in [0.5, 0.6) is 0 Å². The molecule has 2 heterocycles. The lowest BCUT2D eigenvalue weighted by molar-refractivity contribution is -0.616. The van der Waals surface area contributed by atoms with Gasteiger partial charge < -0.3 is 10.5 Å². The molecular formula is C19H23N3O2S. The third kappa shape index (κ3) is 4.74. The molecule has 0 bridgehead atoms. The lowest BCUT2D eigenvalue weighted by Gasteiger charge is -2.30. The Labute approximate surface area is 152 Å². The quantitative estimate of drug-likeness (QED) is 0.508. The van der Waals surface area contributed by atoms with Crippen molar-refractivity contribution in [1.29, 1.82) is 0 Å². The number of likely N-dealkylation sites (tertiary alicyclic amines) is 1. The first-order valence-corrected chi connectivity index (χ1v) is 9.72. The van der Waals surface area contributed by atoms with Gasteiger partial charge in [0, 0.05) is 28.6 Å². The summed E-state index contributed by atoms with van der Waals surface area (Å²) in [6.07, 6.45) is 5.38. The van der Waals surface area contributed by atoms with Crippen LogP contribution in [0.4, 0.5) is 5.69 Å². The summed E-state index contributed by atoms with van der Waals surface area (Å²) in [5, 5.41) is 14.8. The number of thioether (sulfide) groups is 1. The maximum absolute atomic E-state index is 12.3. The van der Waals surface area contributed by atoms with Crippen molar-refractivity contribution in [3.8, 4) is 0 Å². The Kier molecular flexibility index (Phi) is 5.94. The smallest absolute Gasteiger partial charge is 0.238 e. The topological polar surface area (TPSA) is 59.3 Å². The van der Waals surface area contributed by atoms with E-state index in [4.69, 9.17) is 0 Å². The van der Waals surface area contributed by atoms with E-state index in [1.807, 2.05) is 42.7 Å². The minimum Gasteiger partial charge on any atom is -0.618 e. The van der Waals surface area contributed by atoms with E-state index in [0.29, 0.717) is 6.54 Å². The average Bonchev–Trinajstić information content (AvgIpc) is 2.63. The van der Waals surface area contributed by atoms with E-state index in [0.717, 1.165) is 46.9 Å². The van der Waals surface area contributed by atoms with Gasteiger partial charge in [-0.3, -0.25) is 9.69 Å². The Bertz CT molecular complexity index is 730. The zero-order valence-corrected chi connectivity index (χ0v) is 15.2. The van der Waals surface area contributed by atoms with E-state index in [1.54, 1.807) is 24.0 Å². The maximum atomic E-state index is 12.3. The minimum absolute atomic E-state index is 0.00954.